The summed E-state index contributed by atoms with van der Waals surface area (Å²) in [4.78, 5) is 25.8. The number of benzene rings is 2. The van der Waals surface area contributed by atoms with Crippen molar-refractivity contribution in [3.8, 4) is 11.3 Å². The van der Waals surface area contributed by atoms with Crippen molar-refractivity contribution < 1.29 is 24.0 Å². The van der Waals surface area contributed by atoms with E-state index < -0.39 is 57.2 Å². The Bertz CT molecular complexity index is 1870. The van der Waals surface area contributed by atoms with E-state index in [1.54, 1.807) is 30.6 Å². The van der Waals surface area contributed by atoms with Crippen LogP contribution in [0.25, 0.3) is 11.3 Å². The Balaban J connectivity index is 1.36. The number of aryl methyl sites for hydroxylation is 1. The van der Waals surface area contributed by atoms with Gasteiger partial charge in [0.2, 0.25) is 5.95 Å². The summed E-state index contributed by atoms with van der Waals surface area (Å²) in [6, 6.07) is 14.6. The minimum Gasteiger partial charge on any atom is -0.324 e. The van der Waals surface area contributed by atoms with E-state index in [0.717, 1.165) is 0 Å². The number of amides is 1. The predicted octanol–water partition coefficient (Wildman–Crippen LogP) is 4.59. The first-order chi connectivity index (χ1) is 23.5. The van der Waals surface area contributed by atoms with Gasteiger partial charge < -0.3 is 15.5 Å². The van der Waals surface area contributed by atoms with Crippen LogP contribution in [-0.2, 0) is 6.54 Å². The summed E-state index contributed by atoms with van der Waals surface area (Å²) < 4.78 is 113. The number of carbonyl (C=O) groups excluding carboxylic acids is 1. The zero-order chi connectivity index (χ0) is 37.8. The second-order valence-electron chi connectivity index (χ2n) is 7.91. The lowest BCUT2D eigenvalue weighted by Crippen LogP contribution is -2.43. The number of carbonyl (C=O) groups is 1. The van der Waals surface area contributed by atoms with Crippen LogP contribution in [-0.4, -0.2) is 63.6 Å². The zero-order valence-electron chi connectivity index (χ0n) is 33.4. The van der Waals surface area contributed by atoms with E-state index >= 15 is 0 Å². The fraction of sp³-hybridized carbons (Fsp3) is 0.241. The van der Waals surface area contributed by atoms with E-state index in [0.29, 0.717) is 11.3 Å². The third-order valence-electron chi connectivity index (χ3n) is 5.29. The van der Waals surface area contributed by atoms with Gasteiger partial charge in [-0.1, -0.05) is 18.2 Å². The molecule has 3 heterocycles. The van der Waals surface area contributed by atoms with E-state index in [9.17, 15) is 4.79 Å². The van der Waals surface area contributed by atoms with E-state index in [4.69, 9.17) is 19.2 Å². The van der Waals surface area contributed by atoms with Gasteiger partial charge in [-0.05, 0) is 67.4 Å². The summed E-state index contributed by atoms with van der Waals surface area (Å²) in [5.41, 5.74) is 1.75. The third-order valence-corrected chi connectivity index (χ3v) is 5.29. The zero-order valence-corrected chi connectivity index (χ0v) is 19.4. The smallest absolute Gasteiger partial charge is 0.255 e. The van der Waals surface area contributed by atoms with E-state index in [1.165, 1.54) is 48.7 Å². The van der Waals surface area contributed by atoms with Crippen molar-refractivity contribution in [1.82, 2.24) is 24.8 Å². The first kappa shape index (κ1) is 12.9. The summed E-state index contributed by atoms with van der Waals surface area (Å²) >= 11 is 0. The molecule has 1 aliphatic rings. The van der Waals surface area contributed by atoms with Gasteiger partial charge >= 0.3 is 0 Å². The number of anilines is 3. The molecule has 8 heteroatoms. The minimum atomic E-state index is -3.52. The highest BCUT2D eigenvalue weighted by atomic mass is 16.1. The first-order valence-corrected chi connectivity index (χ1v) is 11.1. The lowest BCUT2D eigenvalue weighted by molar-refractivity contribution is 0.102. The monoisotopic (exact) mass is 507 g/mol. The highest BCUT2D eigenvalue weighted by Gasteiger charge is 2.14. The maximum Gasteiger partial charge on any atom is 0.255 e. The molecule has 1 amide bonds. The topological polar surface area (TPSA) is 86.3 Å². The molecule has 1 fully saturated rings. The van der Waals surface area contributed by atoms with Crippen LogP contribution in [0.5, 0.6) is 0 Å². The van der Waals surface area contributed by atoms with E-state index in [-0.39, 0.29) is 38.9 Å². The fourth-order valence-electron chi connectivity index (χ4n) is 3.44. The fourth-order valence-corrected chi connectivity index (χ4v) is 3.44. The molecule has 8 nitrogen and oxygen atoms in total. The Morgan fingerprint density at radius 2 is 1.92 bits per heavy atom. The average molecular weight is 508 g/mol. The Kier molecular flexibility index (Phi) is 3.93. The van der Waals surface area contributed by atoms with Gasteiger partial charge in [-0.25, -0.2) is 9.97 Å². The number of pyridine rings is 1. The summed E-state index contributed by atoms with van der Waals surface area (Å²) in [6.45, 7) is -20.4. The van der Waals surface area contributed by atoms with Crippen molar-refractivity contribution in [2.24, 2.45) is 0 Å². The van der Waals surface area contributed by atoms with E-state index in [1.807, 2.05) is 0 Å². The molecule has 0 aliphatic carbocycles. The number of hydrogen-bond donors (Lipinski definition) is 2. The van der Waals surface area contributed by atoms with Crippen molar-refractivity contribution in [1.29, 1.82) is 0 Å². The molecule has 2 aromatic carbocycles. The number of nitrogens with zero attached hydrogens (tertiary/aromatic N) is 5. The normalized spacial score (nSPS) is 26.1. The lowest BCUT2D eigenvalue weighted by atomic mass is 10.1. The van der Waals surface area contributed by atoms with Gasteiger partial charge in [0, 0.05) is 92.8 Å². The molecular weight excluding hydrogens is 462 g/mol. The van der Waals surface area contributed by atoms with Crippen LogP contribution >= 0.6 is 0 Å². The van der Waals surface area contributed by atoms with E-state index in [2.05, 4.69) is 25.6 Å². The molecular formula is C29H31N7O. The maximum absolute atomic E-state index is 13.2. The van der Waals surface area contributed by atoms with Gasteiger partial charge in [-0.15, -0.1) is 0 Å². The molecule has 5 rings (SSSR count). The lowest BCUT2D eigenvalue weighted by Gasteiger charge is -2.32. The molecule has 0 bridgehead atoms. The Morgan fingerprint density at radius 3 is 2.68 bits per heavy atom. The van der Waals surface area contributed by atoms with Gasteiger partial charge in [-0.3, -0.25) is 14.7 Å². The predicted molar refractivity (Wildman–Crippen MR) is 147 cm³/mol. The minimum absolute atomic E-state index is 0.0617. The maximum atomic E-state index is 13.2. The van der Waals surface area contributed by atoms with Crippen molar-refractivity contribution in [2.75, 3.05) is 43.6 Å². The van der Waals surface area contributed by atoms with Crippen LogP contribution in [0.15, 0.2) is 79.3 Å². The molecule has 0 spiro atoms. The standard InChI is InChI=1S/C29H31N7O/c1-21-5-10-25(18-27(21)34-29-31-13-11-26(33-29)24-4-3-12-30-19-24)32-28(37)23-8-6-22(7-9-23)20-36-16-14-35(2)15-17-36/h3-13,18-19H,14-17,20H2,1-2H3,(H,32,37)(H,31,33,34)/i1D3,2D3,14D2,15D2,16D2,17D2. The molecule has 0 atom stereocenters. The molecule has 37 heavy (non-hydrogen) atoms. The number of likely N-dealkylation sites (N-methyl/N-ethyl adjacent to an activating group) is 1. The van der Waals surface area contributed by atoms with Crippen LogP contribution in [0.4, 0.5) is 17.3 Å². The van der Waals surface area contributed by atoms with Gasteiger partial charge in [0.1, 0.15) is 0 Å². The van der Waals surface area contributed by atoms with Crippen LogP contribution in [0, 0.1) is 6.85 Å². The quantitative estimate of drug-likeness (QED) is 0.378. The number of rotatable bonds is 7. The summed E-state index contributed by atoms with van der Waals surface area (Å²) in [6.07, 6.45) is 4.72. The molecule has 1 saturated heterocycles. The Hall–Kier alpha value is -4.14. The highest BCUT2D eigenvalue weighted by Crippen LogP contribution is 2.24. The molecule has 0 radical (unpaired) electrons. The molecule has 2 aromatic heterocycles. The van der Waals surface area contributed by atoms with Crippen LogP contribution in [0.2, 0.25) is 0 Å². The number of nitrogens with one attached hydrogen (secondary N) is 2. The molecule has 4 aromatic rings. The van der Waals surface area contributed by atoms with Crippen molar-refractivity contribution in [3.05, 3.63) is 95.9 Å². The highest BCUT2D eigenvalue weighted by molar-refractivity contribution is 6.04. The van der Waals surface area contributed by atoms with Gasteiger partial charge in [0.25, 0.3) is 5.91 Å². The number of piperazine rings is 1. The second-order valence-corrected chi connectivity index (χ2v) is 7.91. The summed E-state index contributed by atoms with van der Waals surface area (Å²) in [5.74, 6) is -0.538. The first-order valence-electron chi connectivity index (χ1n) is 18.1. The van der Waals surface area contributed by atoms with Crippen LogP contribution in [0.3, 0.4) is 0 Å². The van der Waals surface area contributed by atoms with Crippen molar-refractivity contribution in [2.45, 2.75) is 13.4 Å². The largest absolute Gasteiger partial charge is 0.324 e. The molecule has 1 aliphatic heterocycles. The number of aromatic nitrogens is 3. The SMILES string of the molecule is [2H]C([2H])([2H])c1ccc(NC(=O)c2ccc(CN3C([2H])([2H])C([2H])([2H])N(C([2H])([2H])[2H])C([2H])([2H])C3([2H])[2H])cc2)cc1Nc1nccc(-c2cccnc2)n1. The third kappa shape index (κ3) is 6.35. The Morgan fingerprint density at radius 1 is 1.05 bits per heavy atom. The molecule has 2 N–H and O–H groups in total. The van der Waals surface area contributed by atoms with Gasteiger partial charge in [0.15, 0.2) is 0 Å². The van der Waals surface area contributed by atoms with Crippen molar-refractivity contribution in [3.63, 3.8) is 0 Å². The van der Waals surface area contributed by atoms with Crippen molar-refractivity contribution >= 4 is 23.2 Å². The van der Waals surface area contributed by atoms with Gasteiger partial charge in [0.05, 0.1) is 5.69 Å². The molecule has 0 saturated carbocycles. The number of hydrogen-bond acceptors (Lipinski definition) is 7. The molecule has 188 valence electrons. The van der Waals surface area contributed by atoms with Crippen LogP contribution in [0.1, 0.15) is 40.7 Å². The average Bonchev–Trinajstić information content (AvgIpc) is 3.02. The van der Waals surface area contributed by atoms with Gasteiger partial charge in [-0.2, -0.15) is 0 Å². The summed E-state index contributed by atoms with van der Waals surface area (Å²) in [7, 11) is 0. The summed E-state index contributed by atoms with van der Waals surface area (Å²) in [5, 5.41) is 5.58. The second kappa shape index (κ2) is 11.3. The van der Waals surface area contributed by atoms with Crippen LogP contribution < -0.4 is 10.6 Å². The molecule has 0 unspecified atom stereocenters. The Labute approximate surface area is 237 Å².